The highest BCUT2D eigenvalue weighted by Crippen LogP contribution is 2.25. The molecule has 1 aromatic heterocycles. The molecular weight excluding hydrogens is 200 g/mol. The van der Waals surface area contributed by atoms with Gasteiger partial charge in [0.15, 0.2) is 0 Å². The fraction of sp³-hybridized carbons (Fsp3) is 0.615. The number of β-amino-alcohol motifs (C(OH)–C–C–N with tert-alkyl or cyclic N) is 1. The van der Waals surface area contributed by atoms with Crippen LogP contribution < -0.4 is 0 Å². The lowest BCUT2D eigenvalue weighted by atomic mass is 9.94. The number of nitrogens with zero attached hydrogens (tertiary/aromatic N) is 2. The van der Waals surface area contributed by atoms with Crippen molar-refractivity contribution in [1.29, 1.82) is 0 Å². The molecule has 0 bridgehead atoms. The van der Waals surface area contributed by atoms with Gasteiger partial charge in [0.25, 0.3) is 0 Å². The molecule has 0 aliphatic carbocycles. The predicted octanol–water partition coefficient (Wildman–Crippen LogP) is 1.56. The van der Waals surface area contributed by atoms with Crippen molar-refractivity contribution in [2.45, 2.75) is 25.7 Å². The summed E-state index contributed by atoms with van der Waals surface area (Å²) < 4.78 is 0. The molecule has 0 unspecified atom stereocenters. The standard InChI is InChI=1S/C13H20N2O/c1-11-4-5-13(14-9-11)12-3-2-6-15(10-12)7-8-16/h4-5,9,12,16H,2-3,6-8,10H2,1H3/t12-/m1/s1. The van der Waals surface area contributed by atoms with Crippen LogP contribution in [-0.2, 0) is 0 Å². The Morgan fingerprint density at radius 2 is 2.38 bits per heavy atom. The third-order valence-electron chi connectivity index (χ3n) is 3.27. The first-order chi connectivity index (χ1) is 7.79. The molecule has 2 heterocycles. The van der Waals surface area contributed by atoms with Gasteiger partial charge in [-0.3, -0.25) is 4.98 Å². The van der Waals surface area contributed by atoms with Crippen LogP contribution in [-0.4, -0.2) is 41.2 Å². The van der Waals surface area contributed by atoms with Gasteiger partial charge in [-0.15, -0.1) is 0 Å². The van der Waals surface area contributed by atoms with Crippen LogP contribution in [0.3, 0.4) is 0 Å². The summed E-state index contributed by atoms with van der Waals surface area (Å²) in [6, 6.07) is 4.27. The normalized spacial score (nSPS) is 22.2. The number of aryl methyl sites for hydroxylation is 1. The summed E-state index contributed by atoms with van der Waals surface area (Å²) >= 11 is 0. The van der Waals surface area contributed by atoms with Crippen molar-refractivity contribution in [3.05, 3.63) is 29.6 Å². The van der Waals surface area contributed by atoms with Crippen molar-refractivity contribution in [2.75, 3.05) is 26.2 Å². The van der Waals surface area contributed by atoms with E-state index in [0.717, 1.165) is 19.6 Å². The molecule has 0 amide bonds. The van der Waals surface area contributed by atoms with Crippen LogP contribution in [0.25, 0.3) is 0 Å². The first kappa shape index (κ1) is 11.6. The zero-order valence-electron chi connectivity index (χ0n) is 9.89. The Balaban J connectivity index is 2.01. The van der Waals surface area contributed by atoms with Crippen LogP contribution in [0.5, 0.6) is 0 Å². The minimum atomic E-state index is 0.258. The van der Waals surface area contributed by atoms with Gasteiger partial charge >= 0.3 is 0 Å². The maximum atomic E-state index is 8.95. The molecule has 1 fully saturated rings. The molecule has 3 heteroatoms. The van der Waals surface area contributed by atoms with Gasteiger partial charge in [0.05, 0.1) is 6.61 Å². The van der Waals surface area contributed by atoms with E-state index in [4.69, 9.17) is 5.11 Å². The minimum Gasteiger partial charge on any atom is -0.395 e. The van der Waals surface area contributed by atoms with Crippen molar-refractivity contribution in [3.63, 3.8) is 0 Å². The first-order valence-corrected chi connectivity index (χ1v) is 6.05. The van der Waals surface area contributed by atoms with Crippen molar-refractivity contribution in [3.8, 4) is 0 Å². The summed E-state index contributed by atoms with van der Waals surface area (Å²) in [6.07, 6.45) is 4.37. The van der Waals surface area contributed by atoms with E-state index in [1.54, 1.807) is 0 Å². The largest absolute Gasteiger partial charge is 0.395 e. The van der Waals surface area contributed by atoms with Crippen LogP contribution in [0.4, 0.5) is 0 Å². The molecule has 88 valence electrons. The van der Waals surface area contributed by atoms with Crippen molar-refractivity contribution >= 4 is 0 Å². The molecule has 3 nitrogen and oxygen atoms in total. The van der Waals surface area contributed by atoms with Crippen molar-refractivity contribution in [2.24, 2.45) is 0 Å². The summed E-state index contributed by atoms with van der Waals surface area (Å²) in [4.78, 5) is 6.84. The predicted molar refractivity (Wildman–Crippen MR) is 64.5 cm³/mol. The van der Waals surface area contributed by atoms with Crippen LogP contribution in [0.15, 0.2) is 18.3 Å². The summed E-state index contributed by atoms with van der Waals surface area (Å²) in [5.74, 6) is 0.542. The number of hydrogen-bond donors (Lipinski definition) is 1. The quantitative estimate of drug-likeness (QED) is 0.840. The molecule has 1 saturated heterocycles. The van der Waals surface area contributed by atoms with E-state index in [2.05, 4.69) is 28.9 Å². The molecule has 1 atom stereocenters. The molecule has 1 aliphatic rings. The summed E-state index contributed by atoms with van der Waals surface area (Å²) in [6.45, 7) is 5.27. The van der Waals surface area contributed by atoms with E-state index in [-0.39, 0.29) is 6.61 Å². The van der Waals surface area contributed by atoms with Crippen LogP contribution >= 0.6 is 0 Å². The molecule has 1 aromatic rings. The smallest absolute Gasteiger partial charge is 0.0558 e. The molecule has 1 N–H and O–H groups in total. The fourth-order valence-corrected chi connectivity index (χ4v) is 2.36. The molecule has 0 spiro atoms. The molecule has 1 aliphatic heterocycles. The highest BCUT2D eigenvalue weighted by atomic mass is 16.3. The number of hydrogen-bond acceptors (Lipinski definition) is 3. The van der Waals surface area contributed by atoms with Crippen LogP contribution in [0, 0.1) is 6.92 Å². The summed E-state index contributed by atoms with van der Waals surface area (Å²) in [5, 5.41) is 8.95. The van der Waals surface area contributed by atoms with E-state index in [1.165, 1.54) is 24.1 Å². The third kappa shape index (κ3) is 2.80. The average Bonchev–Trinajstić information content (AvgIpc) is 2.31. The van der Waals surface area contributed by atoms with Gasteiger partial charge in [-0.05, 0) is 37.9 Å². The Hall–Kier alpha value is -0.930. The lowest BCUT2D eigenvalue weighted by Gasteiger charge is -2.31. The highest BCUT2D eigenvalue weighted by molar-refractivity contribution is 5.16. The number of aromatic nitrogens is 1. The summed E-state index contributed by atoms with van der Waals surface area (Å²) in [5.41, 5.74) is 2.42. The minimum absolute atomic E-state index is 0.258. The van der Waals surface area contributed by atoms with Crippen LogP contribution in [0.2, 0.25) is 0 Å². The Morgan fingerprint density at radius 3 is 3.06 bits per heavy atom. The molecule has 16 heavy (non-hydrogen) atoms. The molecule has 0 radical (unpaired) electrons. The zero-order valence-corrected chi connectivity index (χ0v) is 9.89. The average molecular weight is 220 g/mol. The molecule has 0 saturated carbocycles. The van der Waals surface area contributed by atoms with Gasteiger partial charge in [0.2, 0.25) is 0 Å². The topological polar surface area (TPSA) is 36.4 Å². The Morgan fingerprint density at radius 1 is 1.50 bits per heavy atom. The van der Waals surface area contributed by atoms with E-state index >= 15 is 0 Å². The van der Waals surface area contributed by atoms with E-state index < -0.39 is 0 Å². The molecule has 2 rings (SSSR count). The summed E-state index contributed by atoms with van der Waals surface area (Å²) in [7, 11) is 0. The zero-order chi connectivity index (χ0) is 11.4. The highest BCUT2D eigenvalue weighted by Gasteiger charge is 2.21. The van der Waals surface area contributed by atoms with Gasteiger partial charge < -0.3 is 10.0 Å². The number of aliphatic hydroxyl groups is 1. The number of aliphatic hydroxyl groups excluding tert-OH is 1. The number of pyridine rings is 1. The Labute approximate surface area is 97.1 Å². The second-order valence-electron chi connectivity index (χ2n) is 4.62. The second kappa shape index (κ2) is 5.41. The first-order valence-electron chi connectivity index (χ1n) is 6.05. The lowest BCUT2D eigenvalue weighted by Crippen LogP contribution is -2.36. The molecule has 0 aromatic carbocycles. The number of piperidine rings is 1. The van der Waals surface area contributed by atoms with Crippen molar-refractivity contribution in [1.82, 2.24) is 9.88 Å². The monoisotopic (exact) mass is 220 g/mol. The lowest BCUT2D eigenvalue weighted by molar-refractivity contribution is 0.160. The van der Waals surface area contributed by atoms with Gasteiger partial charge in [-0.1, -0.05) is 6.07 Å². The van der Waals surface area contributed by atoms with E-state index in [0.29, 0.717) is 5.92 Å². The maximum absolute atomic E-state index is 8.95. The van der Waals surface area contributed by atoms with Gasteiger partial charge in [0.1, 0.15) is 0 Å². The molecular formula is C13H20N2O. The van der Waals surface area contributed by atoms with E-state index in [1.807, 2.05) is 6.20 Å². The third-order valence-corrected chi connectivity index (χ3v) is 3.27. The van der Waals surface area contributed by atoms with Gasteiger partial charge in [-0.25, -0.2) is 0 Å². The second-order valence-corrected chi connectivity index (χ2v) is 4.62. The van der Waals surface area contributed by atoms with Gasteiger partial charge in [-0.2, -0.15) is 0 Å². The Kier molecular flexibility index (Phi) is 3.91. The maximum Gasteiger partial charge on any atom is 0.0558 e. The van der Waals surface area contributed by atoms with E-state index in [9.17, 15) is 0 Å². The van der Waals surface area contributed by atoms with Crippen molar-refractivity contribution < 1.29 is 5.11 Å². The number of rotatable bonds is 3. The van der Waals surface area contributed by atoms with Crippen LogP contribution in [0.1, 0.15) is 30.0 Å². The number of likely N-dealkylation sites (tertiary alicyclic amines) is 1. The SMILES string of the molecule is Cc1ccc([C@@H]2CCCN(CCO)C2)nc1. The Bertz CT molecular complexity index is 321. The fourth-order valence-electron chi connectivity index (χ4n) is 2.36. The van der Waals surface area contributed by atoms with Gasteiger partial charge in [0, 0.05) is 30.9 Å².